The van der Waals surface area contributed by atoms with Crippen LogP contribution in [0.2, 0.25) is 0 Å². The average molecular weight is 2050 g/mol. The zero-order chi connectivity index (χ0) is 110. The van der Waals surface area contributed by atoms with Crippen LogP contribution in [0, 0.1) is 17.8 Å². The first-order chi connectivity index (χ1) is 67.3. The quantitative estimate of drug-likeness (QED) is 0.0164. The number of aliphatic hydroxyl groups is 3. The number of nitrogens with two attached hydrogens (primary N) is 6. The fraction of sp³-hybridized carbons (Fsp3) is 0.628. The van der Waals surface area contributed by atoms with Crippen LogP contribution in [0.25, 0.3) is 0 Å². The van der Waals surface area contributed by atoms with Crippen molar-refractivity contribution in [1.29, 1.82) is 0 Å². The molecule has 0 aliphatic heterocycles. The zero-order valence-electron chi connectivity index (χ0n) is 81.0. The van der Waals surface area contributed by atoms with E-state index in [1.54, 1.807) is 37.3 Å². The predicted molar refractivity (Wildman–Crippen MR) is 500 cm³/mol. The Bertz CT molecular complexity index is 4660. The Morgan fingerprint density at radius 1 is 0.340 bits per heavy atom. The van der Waals surface area contributed by atoms with Crippen LogP contribution < -0.4 is 125 Å². The molecule has 0 saturated carbocycles. The van der Waals surface area contributed by atoms with Crippen LogP contribution in [0.15, 0.2) is 35.3 Å². The number of amides is 19. The summed E-state index contributed by atoms with van der Waals surface area (Å²) in [4.78, 5) is 338. The maximum Gasteiger partial charge on any atom is 0.326 e. The zero-order valence-corrected chi connectivity index (χ0v) is 81.0. The highest BCUT2D eigenvalue weighted by Gasteiger charge is 2.42. The van der Waals surface area contributed by atoms with Crippen LogP contribution >= 0.6 is 0 Å². The Morgan fingerprint density at radius 2 is 0.681 bits per heavy atom. The Morgan fingerprint density at radius 3 is 1.08 bits per heavy atom. The second-order valence-corrected chi connectivity index (χ2v) is 34.3. The van der Waals surface area contributed by atoms with Crippen LogP contribution in [-0.4, -0.2) is 341 Å². The van der Waals surface area contributed by atoms with Crippen molar-refractivity contribution in [2.75, 3.05) is 26.2 Å². The molecule has 58 heteroatoms. The molecule has 144 heavy (non-hydrogen) atoms. The number of nitrogens with one attached hydrogen (secondary N) is 17. The number of hydrogen-bond donors (Lipinski definition) is 32. The topological polar surface area (TPSA) is 982 Å². The number of aliphatic imine (C=N–C) groups is 1. The molecule has 0 spiro atoms. The van der Waals surface area contributed by atoms with Crippen LogP contribution in [0.5, 0.6) is 0 Å². The monoisotopic (exact) mass is 2050 g/mol. The number of aliphatic hydroxyl groups excluding tert-OH is 3. The summed E-state index contributed by atoms with van der Waals surface area (Å²) in [5, 5.41) is 128. The molecule has 1 rings (SSSR count). The number of hydrogen-bond acceptors (Lipinski definition) is 31. The molecule has 0 aliphatic rings. The van der Waals surface area contributed by atoms with E-state index in [4.69, 9.17) is 34.4 Å². The lowest BCUT2D eigenvalue weighted by Gasteiger charge is -2.30. The summed E-state index contributed by atoms with van der Waals surface area (Å²) in [6.07, 6.45) is -13.2. The van der Waals surface area contributed by atoms with Gasteiger partial charge < -0.3 is 171 Å². The molecule has 21 atom stereocenters. The molecule has 0 aliphatic carbocycles. The first kappa shape index (κ1) is 127. The molecule has 1 aromatic carbocycles. The van der Waals surface area contributed by atoms with Gasteiger partial charge in [0.1, 0.15) is 103 Å². The van der Waals surface area contributed by atoms with E-state index in [1.165, 1.54) is 41.5 Å². The number of aliphatic carboxylic acids is 6. The number of primary amides is 2. The van der Waals surface area contributed by atoms with Gasteiger partial charge in [-0.3, -0.25) is 120 Å². The number of guanidine groups is 1. The summed E-state index contributed by atoms with van der Waals surface area (Å²) >= 11 is 0. The SMILES string of the molecule is CC[C@H](C)[C@H](NC(=O)[C@H](CCC(=O)O)NC(=O)[C@H](CCC(=O)O)NC(=O)[C@@H](NC(=O)[C@H](CCCCN)NC(=O)[C@@H](NC(=O)[C@H](CC(N)=O)NC(=O)[C@@H](N)[C@@H](C)O)[C@@H](C)CC)[C@@H](C)O)C(=O)N[C@@H](CO)C(=O)N[C@@H](CCC(=O)O)C(=O)N[C@H](C(=O)N[C@@H](CC(N)=O)C(=O)NCC(=O)N[C@@H](CC(=O)O)C(=O)N[C@@H](C)C(=O)N[C@@H](CCC(=O)O)C(=O)N[C@@H](Cc1ccccc1)C(=O)N[C@@H](CCCN=C(N)N)C(=O)O)C(C)C. The minimum Gasteiger partial charge on any atom is -0.481 e. The third-order valence-electron chi connectivity index (χ3n) is 22.0. The molecular weight excluding hydrogens is 1910 g/mol. The molecule has 19 amide bonds. The van der Waals surface area contributed by atoms with Crippen LogP contribution in [-0.2, 0) is 126 Å². The Hall–Kier alpha value is -15.0. The van der Waals surface area contributed by atoms with Crippen molar-refractivity contribution in [3.05, 3.63) is 35.9 Å². The molecule has 0 heterocycles. The lowest BCUT2D eigenvalue weighted by Crippen LogP contribution is -2.63. The molecule has 58 nitrogen and oxygen atoms in total. The van der Waals surface area contributed by atoms with Gasteiger partial charge in [0.15, 0.2) is 5.96 Å². The van der Waals surface area contributed by atoms with Gasteiger partial charge in [-0.25, -0.2) is 4.79 Å². The standard InChI is InChI=1S/C86H138N24O34/c1-10-39(5)66(109-78(136)53(34-57(89)115)104-80(138)64(90)42(8)112)82(140)100-45(20-15-16-30-87)73(131)110-68(43(9)113)84(142)101-47(23-27-60(119)120)71(129)98-49(25-29-62(123)124)75(133)108-67(40(6)11-2)83(141)106-55(37-111)79(137)99-48(24-28-61(121)122)74(132)107-65(38(3)4)81(139)105-52(33-56(88)114)70(128)94-36-58(116)96-54(35-63(125)126)76(134)95-41(7)69(127)97-46(22-26-59(117)118)72(130)103-51(32-44-18-13-12-14-19-44)77(135)102-50(85(143)144)21-17-31-93-86(91)92/h12-14,18-19,38-43,45-55,64-68,111-113H,10-11,15-17,20-37,87,90H2,1-9H3,(H2,88,114)(H2,89,115)(H,94,128)(H,95,134)(H,96,116)(H,97,127)(H,98,129)(H,99,137)(H,100,140)(H,101,142)(H,102,135)(H,103,130)(H,104,138)(H,105,139)(H,106,141)(H,107,132)(H,108,133)(H,109,136)(H,110,131)(H,117,118)(H,119,120)(H,121,122)(H,123,124)(H,125,126)(H,143,144)(H4,91,92,93)/t39-,40-,41-,42+,43+,45-,46-,47-,48-,49-,50-,51-,52-,53-,54-,55-,64-,65-,66-,67-,68-/m0/s1. The summed E-state index contributed by atoms with van der Waals surface area (Å²) in [5.41, 5.74) is 33.3. The third kappa shape index (κ3) is 48.5. The van der Waals surface area contributed by atoms with Gasteiger partial charge in [-0.05, 0) is 108 Å². The van der Waals surface area contributed by atoms with Gasteiger partial charge in [-0.15, -0.1) is 0 Å². The van der Waals surface area contributed by atoms with Crippen molar-refractivity contribution in [3.63, 3.8) is 0 Å². The number of carbonyl (C=O) groups excluding carboxylic acids is 19. The maximum atomic E-state index is 14.4. The molecule has 0 unspecified atom stereocenters. The first-order valence-electron chi connectivity index (χ1n) is 45.9. The molecule has 0 saturated heterocycles. The second-order valence-electron chi connectivity index (χ2n) is 34.3. The number of benzene rings is 1. The fourth-order valence-corrected chi connectivity index (χ4v) is 13.3. The number of carbonyl (C=O) groups is 25. The third-order valence-corrected chi connectivity index (χ3v) is 22.0. The molecular formula is C86H138N24O34. The largest absolute Gasteiger partial charge is 0.481 e. The summed E-state index contributed by atoms with van der Waals surface area (Å²) in [7, 11) is 0. The molecule has 38 N–H and O–H groups in total. The highest BCUT2D eigenvalue weighted by atomic mass is 16.4. The molecule has 0 radical (unpaired) electrons. The Balaban J connectivity index is 3.58. The summed E-state index contributed by atoms with van der Waals surface area (Å²) < 4.78 is 0. The van der Waals surface area contributed by atoms with Crippen molar-refractivity contribution in [1.82, 2.24) is 90.4 Å². The number of carboxylic acid groups (broad SMARTS) is 6. The van der Waals surface area contributed by atoms with Crippen LogP contribution in [0.4, 0.5) is 0 Å². The van der Waals surface area contributed by atoms with E-state index in [1.807, 2.05) is 10.6 Å². The van der Waals surface area contributed by atoms with Gasteiger partial charge >= 0.3 is 35.8 Å². The van der Waals surface area contributed by atoms with Crippen molar-refractivity contribution in [3.8, 4) is 0 Å². The van der Waals surface area contributed by atoms with Crippen molar-refractivity contribution in [2.45, 2.75) is 299 Å². The fourth-order valence-electron chi connectivity index (χ4n) is 13.3. The first-order valence-corrected chi connectivity index (χ1v) is 45.9. The van der Waals surface area contributed by atoms with Gasteiger partial charge in [-0.2, -0.15) is 0 Å². The summed E-state index contributed by atoms with van der Waals surface area (Å²) in [6, 6.07) is -23.3. The van der Waals surface area contributed by atoms with E-state index in [2.05, 4.69) is 84.7 Å². The Kier molecular flexibility index (Phi) is 57.5. The normalized spacial score (nSPS) is 15.4. The number of nitrogens with zero attached hydrogens (tertiary/aromatic N) is 1. The van der Waals surface area contributed by atoms with E-state index in [0.29, 0.717) is 5.56 Å². The van der Waals surface area contributed by atoms with E-state index in [-0.39, 0.29) is 70.4 Å². The highest BCUT2D eigenvalue weighted by Crippen LogP contribution is 2.18. The summed E-state index contributed by atoms with van der Waals surface area (Å²) in [5.74, 6) is -36.4. The smallest absolute Gasteiger partial charge is 0.326 e. The molecule has 0 fully saturated rings. The van der Waals surface area contributed by atoms with Gasteiger partial charge in [-0.1, -0.05) is 84.7 Å². The molecule has 806 valence electrons. The lowest BCUT2D eigenvalue weighted by molar-refractivity contribution is -0.143. The summed E-state index contributed by atoms with van der Waals surface area (Å²) in [6.45, 7) is 9.35. The van der Waals surface area contributed by atoms with Crippen molar-refractivity contribution >= 4 is 154 Å². The number of carboxylic acids is 6. The van der Waals surface area contributed by atoms with E-state index < -0.39 is 365 Å². The van der Waals surface area contributed by atoms with Gasteiger partial charge in [0.2, 0.25) is 112 Å². The van der Waals surface area contributed by atoms with E-state index in [0.717, 1.165) is 13.8 Å². The molecule has 0 aromatic heterocycles. The number of unbranched alkanes of at least 4 members (excludes halogenated alkanes) is 1. The van der Waals surface area contributed by atoms with Gasteiger partial charge in [0, 0.05) is 38.6 Å². The minimum atomic E-state index is -2.13. The van der Waals surface area contributed by atoms with Gasteiger partial charge in [0.05, 0.1) is 44.6 Å². The van der Waals surface area contributed by atoms with Crippen LogP contribution in [0.3, 0.4) is 0 Å². The number of rotatable bonds is 71. The van der Waals surface area contributed by atoms with Crippen molar-refractivity contribution < 1.29 is 166 Å². The Labute approximate surface area is 825 Å². The lowest BCUT2D eigenvalue weighted by atomic mass is 9.96. The van der Waals surface area contributed by atoms with Crippen molar-refractivity contribution in [2.24, 2.45) is 57.1 Å². The predicted octanol–water partition coefficient (Wildman–Crippen LogP) is -12.1. The maximum absolute atomic E-state index is 14.4. The van der Waals surface area contributed by atoms with E-state index >= 15 is 0 Å². The minimum absolute atomic E-state index is 0.00989. The van der Waals surface area contributed by atoms with Crippen LogP contribution in [0.1, 0.15) is 183 Å². The van der Waals surface area contributed by atoms with Gasteiger partial charge in [0.25, 0.3) is 0 Å². The van der Waals surface area contributed by atoms with E-state index in [9.17, 15) is 166 Å². The molecule has 0 bridgehead atoms. The molecule has 1 aromatic rings. The average Bonchev–Trinajstić information content (AvgIpc) is 0.616. The highest BCUT2D eigenvalue weighted by molar-refractivity contribution is 6.03. The second kappa shape index (κ2) is 65.2.